The van der Waals surface area contributed by atoms with E-state index in [1.807, 2.05) is 6.92 Å². The van der Waals surface area contributed by atoms with E-state index in [9.17, 15) is 9.90 Å². The van der Waals surface area contributed by atoms with E-state index in [2.05, 4.69) is 20.3 Å². The predicted molar refractivity (Wildman–Crippen MR) is 63.8 cm³/mol. The molecule has 0 aromatic carbocycles. The fraction of sp³-hybridized carbons (Fsp3) is 0.167. The van der Waals surface area contributed by atoms with Crippen LogP contribution in [0.15, 0.2) is 30.9 Å². The molecule has 0 fully saturated rings. The van der Waals surface area contributed by atoms with Crippen LogP contribution in [0.3, 0.4) is 0 Å². The number of rotatable bonds is 3. The number of hydrogen-bond acceptors (Lipinski definition) is 5. The lowest BCUT2D eigenvalue weighted by Crippen LogP contribution is -2.23. The second-order valence-electron chi connectivity index (χ2n) is 3.72. The van der Waals surface area contributed by atoms with Crippen molar-refractivity contribution in [1.29, 1.82) is 0 Å². The van der Waals surface area contributed by atoms with Gasteiger partial charge in [0.2, 0.25) is 0 Å². The third-order valence-corrected chi connectivity index (χ3v) is 2.31. The summed E-state index contributed by atoms with van der Waals surface area (Å²) < 4.78 is 0. The molecule has 0 saturated heterocycles. The second kappa shape index (κ2) is 5.22. The fourth-order valence-corrected chi connectivity index (χ4v) is 1.35. The highest BCUT2D eigenvalue weighted by Gasteiger charge is 2.10. The summed E-state index contributed by atoms with van der Waals surface area (Å²) in [5.74, 6) is -0.526. The Kier molecular flexibility index (Phi) is 3.47. The average Bonchev–Trinajstić information content (AvgIpc) is 2.38. The monoisotopic (exact) mass is 244 g/mol. The zero-order chi connectivity index (χ0) is 13.0. The molecule has 2 rings (SSSR count). The van der Waals surface area contributed by atoms with Crippen molar-refractivity contribution in [3.63, 3.8) is 0 Å². The number of carbonyl (C=O) groups is 1. The van der Waals surface area contributed by atoms with Crippen molar-refractivity contribution < 1.29 is 9.90 Å². The van der Waals surface area contributed by atoms with E-state index >= 15 is 0 Å². The van der Waals surface area contributed by atoms with Gasteiger partial charge in [0.05, 0.1) is 35.9 Å². The normalized spacial score (nSPS) is 10.1. The Bertz CT molecular complexity index is 554. The van der Waals surface area contributed by atoms with E-state index in [-0.39, 0.29) is 23.8 Å². The van der Waals surface area contributed by atoms with E-state index in [0.29, 0.717) is 5.69 Å². The first-order valence-electron chi connectivity index (χ1n) is 5.35. The maximum Gasteiger partial charge on any atom is 0.255 e. The lowest BCUT2D eigenvalue weighted by Gasteiger charge is -2.05. The number of hydrogen-bond donors (Lipinski definition) is 2. The Hall–Kier alpha value is -2.50. The average molecular weight is 244 g/mol. The highest BCUT2D eigenvalue weighted by Crippen LogP contribution is 2.13. The summed E-state index contributed by atoms with van der Waals surface area (Å²) in [5, 5.41) is 12.1. The van der Waals surface area contributed by atoms with E-state index in [4.69, 9.17) is 0 Å². The molecule has 0 saturated carbocycles. The number of aryl methyl sites for hydroxylation is 1. The molecule has 2 aromatic heterocycles. The van der Waals surface area contributed by atoms with Crippen molar-refractivity contribution in [3.05, 3.63) is 47.8 Å². The smallest absolute Gasteiger partial charge is 0.255 e. The van der Waals surface area contributed by atoms with E-state index in [0.717, 1.165) is 5.69 Å². The van der Waals surface area contributed by atoms with Gasteiger partial charge in [0.1, 0.15) is 5.75 Å². The Balaban J connectivity index is 2.01. The van der Waals surface area contributed by atoms with Gasteiger partial charge in [0.25, 0.3) is 5.91 Å². The van der Waals surface area contributed by atoms with Crippen molar-refractivity contribution >= 4 is 5.91 Å². The molecule has 18 heavy (non-hydrogen) atoms. The maximum atomic E-state index is 11.8. The van der Waals surface area contributed by atoms with Crippen molar-refractivity contribution in [2.24, 2.45) is 0 Å². The summed E-state index contributed by atoms with van der Waals surface area (Å²) in [7, 11) is 0. The van der Waals surface area contributed by atoms with Crippen LogP contribution < -0.4 is 5.32 Å². The number of amides is 1. The second-order valence-corrected chi connectivity index (χ2v) is 3.72. The van der Waals surface area contributed by atoms with Gasteiger partial charge in [-0.15, -0.1) is 0 Å². The minimum atomic E-state index is -0.378. The number of carbonyl (C=O) groups excluding carboxylic acids is 1. The lowest BCUT2D eigenvalue weighted by molar-refractivity contribution is 0.0947. The van der Waals surface area contributed by atoms with Gasteiger partial charge in [-0.25, -0.2) is 0 Å². The first kappa shape index (κ1) is 12.0. The third-order valence-electron chi connectivity index (χ3n) is 2.31. The highest BCUT2D eigenvalue weighted by atomic mass is 16.3. The molecular weight excluding hydrogens is 232 g/mol. The molecule has 2 N–H and O–H groups in total. The number of pyridine rings is 1. The number of aromatic nitrogens is 3. The summed E-state index contributed by atoms with van der Waals surface area (Å²) in [6.07, 6.45) is 5.90. The predicted octanol–water partition coefficient (Wildman–Crippen LogP) is 0.816. The third kappa shape index (κ3) is 2.79. The summed E-state index contributed by atoms with van der Waals surface area (Å²) in [6.45, 7) is 2.10. The molecule has 0 aliphatic rings. The van der Waals surface area contributed by atoms with Gasteiger partial charge < -0.3 is 10.4 Å². The molecule has 0 unspecified atom stereocenters. The number of aromatic hydroxyl groups is 1. The van der Waals surface area contributed by atoms with E-state index < -0.39 is 0 Å². The van der Waals surface area contributed by atoms with Crippen LogP contribution in [-0.2, 0) is 6.54 Å². The van der Waals surface area contributed by atoms with Gasteiger partial charge in [0, 0.05) is 12.4 Å². The first-order chi connectivity index (χ1) is 8.66. The Labute approximate surface area is 104 Å². The van der Waals surface area contributed by atoms with Gasteiger partial charge in [-0.05, 0) is 13.0 Å². The number of nitrogens with zero attached hydrogens (tertiary/aromatic N) is 3. The zero-order valence-electron chi connectivity index (χ0n) is 9.79. The van der Waals surface area contributed by atoms with Crippen molar-refractivity contribution in [2.45, 2.75) is 13.5 Å². The fourth-order valence-electron chi connectivity index (χ4n) is 1.35. The van der Waals surface area contributed by atoms with Crippen molar-refractivity contribution in [2.75, 3.05) is 0 Å². The quantitative estimate of drug-likeness (QED) is 0.834. The maximum absolute atomic E-state index is 11.8. The van der Waals surface area contributed by atoms with Crippen LogP contribution in [0.5, 0.6) is 5.75 Å². The van der Waals surface area contributed by atoms with Crippen LogP contribution in [-0.4, -0.2) is 26.0 Å². The molecule has 2 heterocycles. The van der Waals surface area contributed by atoms with Crippen LogP contribution in [0, 0.1) is 6.92 Å². The Morgan fingerprint density at radius 3 is 2.83 bits per heavy atom. The van der Waals surface area contributed by atoms with Crippen molar-refractivity contribution in [3.8, 4) is 5.75 Å². The molecule has 0 aliphatic heterocycles. The molecule has 0 spiro atoms. The zero-order valence-corrected chi connectivity index (χ0v) is 9.79. The Morgan fingerprint density at radius 2 is 2.17 bits per heavy atom. The molecule has 92 valence electrons. The topological polar surface area (TPSA) is 88.0 Å². The molecule has 6 heteroatoms. The molecular formula is C12H12N4O2. The van der Waals surface area contributed by atoms with Gasteiger partial charge in [-0.3, -0.25) is 19.7 Å². The first-order valence-corrected chi connectivity index (χ1v) is 5.35. The SMILES string of the molecule is Cc1cnc(CNC(=O)c2ccncc2O)cn1. The summed E-state index contributed by atoms with van der Waals surface area (Å²) in [4.78, 5) is 23.7. The summed E-state index contributed by atoms with van der Waals surface area (Å²) in [5.41, 5.74) is 1.66. The van der Waals surface area contributed by atoms with Crippen molar-refractivity contribution in [1.82, 2.24) is 20.3 Å². The molecule has 0 bridgehead atoms. The van der Waals surface area contributed by atoms with Crippen LogP contribution >= 0.6 is 0 Å². The largest absolute Gasteiger partial charge is 0.505 e. The number of nitrogens with one attached hydrogen (secondary N) is 1. The van der Waals surface area contributed by atoms with E-state index in [1.54, 1.807) is 12.4 Å². The molecule has 0 atom stereocenters. The molecule has 0 aliphatic carbocycles. The summed E-state index contributed by atoms with van der Waals surface area (Å²) in [6, 6.07) is 1.45. The standard InChI is InChI=1S/C12H12N4O2/c1-8-4-15-9(5-14-8)6-16-12(18)10-2-3-13-7-11(10)17/h2-5,7,17H,6H2,1H3,(H,16,18). The molecule has 1 amide bonds. The van der Waals surface area contributed by atoms with E-state index in [1.165, 1.54) is 18.5 Å². The van der Waals surface area contributed by atoms with Gasteiger partial charge in [-0.1, -0.05) is 0 Å². The lowest BCUT2D eigenvalue weighted by atomic mass is 10.2. The minimum absolute atomic E-state index is 0.148. The van der Waals surface area contributed by atoms with Crippen LogP contribution in [0.25, 0.3) is 0 Å². The van der Waals surface area contributed by atoms with Gasteiger partial charge in [-0.2, -0.15) is 0 Å². The molecule has 0 radical (unpaired) electrons. The van der Waals surface area contributed by atoms with Crippen LogP contribution in [0.2, 0.25) is 0 Å². The van der Waals surface area contributed by atoms with Crippen LogP contribution in [0.4, 0.5) is 0 Å². The highest BCUT2D eigenvalue weighted by molar-refractivity contribution is 5.96. The summed E-state index contributed by atoms with van der Waals surface area (Å²) >= 11 is 0. The van der Waals surface area contributed by atoms with Gasteiger partial charge >= 0.3 is 0 Å². The van der Waals surface area contributed by atoms with Gasteiger partial charge in [0.15, 0.2) is 0 Å². The Morgan fingerprint density at radius 1 is 1.33 bits per heavy atom. The molecule has 2 aromatic rings. The minimum Gasteiger partial charge on any atom is -0.505 e. The van der Waals surface area contributed by atoms with Crippen LogP contribution in [0.1, 0.15) is 21.7 Å². The molecule has 6 nitrogen and oxygen atoms in total.